The number of hydrogen-bond acceptors (Lipinski definition) is 3. The summed E-state index contributed by atoms with van der Waals surface area (Å²) in [4.78, 5) is 4.20. The lowest BCUT2D eigenvalue weighted by molar-refractivity contribution is 0.468. The van der Waals surface area contributed by atoms with Crippen LogP contribution >= 0.6 is 11.6 Å². The van der Waals surface area contributed by atoms with Gasteiger partial charge < -0.3 is 10.1 Å². The van der Waals surface area contributed by atoms with Gasteiger partial charge in [0.2, 0.25) is 0 Å². The van der Waals surface area contributed by atoms with Crippen LogP contribution in [0.15, 0.2) is 36.5 Å². The van der Waals surface area contributed by atoms with Crippen molar-refractivity contribution in [3.63, 3.8) is 0 Å². The molecule has 3 nitrogen and oxygen atoms in total. The Labute approximate surface area is 112 Å². The maximum Gasteiger partial charge on any atom is 0.148 e. The van der Waals surface area contributed by atoms with Gasteiger partial charge >= 0.3 is 0 Å². The van der Waals surface area contributed by atoms with E-state index in [1.165, 1.54) is 0 Å². The lowest BCUT2D eigenvalue weighted by atomic mass is 10.2. The van der Waals surface area contributed by atoms with E-state index in [1.54, 1.807) is 6.20 Å². The number of aryl methyl sites for hydroxylation is 1. The van der Waals surface area contributed by atoms with Gasteiger partial charge in [-0.25, -0.2) is 0 Å². The molecule has 1 aromatic carbocycles. The van der Waals surface area contributed by atoms with Crippen LogP contribution in [0.2, 0.25) is 5.02 Å². The molecule has 0 radical (unpaired) electrons. The van der Waals surface area contributed by atoms with Gasteiger partial charge in [-0.1, -0.05) is 17.7 Å². The van der Waals surface area contributed by atoms with E-state index in [0.29, 0.717) is 11.6 Å². The van der Waals surface area contributed by atoms with Crippen molar-refractivity contribution in [3.8, 4) is 11.5 Å². The molecule has 0 aliphatic rings. The standard InChI is InChI=1S/C14H15ClN2O/c1-10-13(7-4-8-17-10)18-14-6-3-5-12(15)11(14)9-16-2/h3-8,16H,9H2,1-2H3. The fourth-order valence-corrected chi connectivity index (χ4v) is 1.91. The van der Waals surface area contributed by atoms with Crippen LogP contribution < -0.4 is 10.1 Å². The second kappa shape index (κ2) is 5.85. The van der Waals surface area contributed by atoms with Gasteiger partial charge in [-0.15, -0.1) is 0 Å². The molecule has 1 heterocycles. The average Bonchev–Trinajstić information content (AvgIpc) is 2.36. The molecule has 0 aliphatic carbocycles. The summed E-state index contributed by atoms with van der Waals surface area (Å²) in [6.45, 7) is 2.58. The number of benzene rings is 1. The molecule has 0 saturated carbocycles. The summed E-state index contributed by atoms with van der Waals surface area (Å²) in [6, 6.07) is 9.39. The molecule has 0 fully saturated rings. The molecule has 1 aromatic heterocycles. The van der Waals surface area contributed by atoms with E-state index in [2.05, 4.69) is 10.3 Å². The maximum atomic E-state index is 6.18. The number of aromatic nitrogens is 1. The highest BCUT2D eigenvalue weighted by molar-refractivity contribution is 6.31. The van der Waals surface area contributed by atoms with E-state index in [0.717, 1.165) is 22.8 Å². The fourth-order valence-electron chi connectivity index (χ4n) is 1.68. The van der Waals surface area contributed by atoms with Crippen molar-refractivity contribution in [3.05, 3.63) is 52.8 Å². The predicted octanol–water partition coefficient (Wildman–Crippen LogP) is 3.56. The molecule has 0 bridgehead atoms. The van der Waals surface area contributed by atoms with Gasteiger partial charge in [0.1, 0.15) is 11.5 Å². The molecule has 0 amide bonds. The summed E-state index contributed by atoms with van der Waals surface area (Å²) in [5, 5.41) is 3.78. The van der Waals surface area contributed by atoms with E-state index >= 15 is 0 Å². The molecular weight excluding hydrogens is 248 g/mol. The van der Waals surface area contributed by atoms with Gasteiger partial charge in [-0.3, -0.25) is 4.98 Å². The highest BCUT2D eigenvalue weighted by Crippen LogP contribution is 2.31. The predicted molar refractivity (Wildman–Crippen MR) is 73.3 cm³/mol. The summed E-state index contributed by atoms with van der Waals surface area (Å²) in [5.41, 5.74) is 1.80. The van der Waals surface area contributed by atoms with E-state index in [4.69, 9.17) is 16.3 Å². The summed E-state index contributed by atoms with van der Waals surface area (Å²) >= 11 is 6.18. The van der Waals surface area contributed by atoms with E-state index in [-0.39, 0.29) is 0 Å². The lowest BCUT2D eigenvalue weighted by Gasteiger charge is -2.13. The summed E-state index contributed by atoms with van der Waals surface area (Å²) in [5.74, 6) is 1.50. The largest absolute Gasteiger partial charge is 0.455 e. The lowest BCUT2D eigenvalue weighted by Crippen LogP contribution is -2.07. The Balaban J connectivity index is 2.34. The summed E-state index contributed by atoms with van der Waals surface area (Å²) < 4.78 is 5.89. The van der Waals surface area contributed by atoms with Crippen LogP contribution in [0.4, 0.5) is 0 Å². The van der Waals surface area contributed by atoms with Crippen LogP contribution in [0.25, 0.3) is 0 Å². The topological polar surface area (TPSA) is 34.1 Å². The third-order valence-electron chi connectivity index (χ3n) is 2.61. The minimum Gasteiger partial charge on any atom is -0.455 e. The molecule has 1 N–H and O–H groups in total. The smallest absolute Gasteiger partial charge is 0.148 e. The molecule has 0 saturated heterocycles. The number of ether oxygens (including phenoxy) is 1. The quantitative estimate of drug-likeness (QED) is 0.915. The average molecular weight is 263 g/mol. The zero-order valence-electron chi connectivity index (χ0n) is 10.4. The molecule has 4 heteroatoms. The molecule has 94 valence electrons. The molecule has 0 unspecified atom stereocenters. The SMILES string of the molecule is CNCc1c(Cl)cccc1Oc1cccnc1C. The first-order chi connectivity index (χ1) is 8.72. The normalized spacial score (nSPS) is 10.4. The zero-order chi connectivity index (χ0) is 13.0. The molecule has 18 heavy (non-hydrogen) atoms. The van der Waals surface area contributed by atoms with E-state index < -0.39 is 0 Å². The second-order valence-corrected chi connectivity index (χ2v) is 4.34. The maximum absolute atomic E-state index is 6.18. The van der Waals surface area contributed by atoms with E-state index in [1.807, 2.05) is 44.3 Å². The Hall–Kier alpha value is -1.58. The van der Waals surface area contributed by atoms with Crippen LogP contribution in [0.5, 0.6) is 11.5 Å². The second-order valence-electron chi connectivity index (χ2n) is 3.94. The fraction of sp³-hybridized carbons (Fsp3) is 0.214. The number of halogens is 1. The van der Waals surface area contributed by atoms with Crippen LogP contribution in [-0.2, 0) is 6.54 Å². The first-order valence-corrected chi connectivity index (χ1v) is 6.11. The van der Waals surface area contributed by atoms with Gasteiger partial charge in [0.15, 0.2) is 0 Å². The monoisotopic (exact) mass is 262 g/mol. The van der Waals surface area contributed by atoms with Gasteiger partial charge in [-0.2, -0.15) is 0 Å². The van der Waals surface area contributed by atoms with Gasteiger partial charge in [-0.05, 0) is 38.2 Å². The van der Waals surface area contributed by atoms with Crippen molar-refractivity contribution in [1.82, 2.24) is 10.3 Å². The molecule has 0 aliphatic heterocycles. The zero-order valence-corrected chi connectivity index (χ0v) is 11.2. The summed E-state index contributed by atoms with van der Waals surface area (Å²) in [6.07, 6.45) is 1.74. The van der Waals surface area contributed by atoms with Crippen LogP contribution in [0, 0.1) is 6.92 Å². The Bertz CT molecular complexity index is 543. The minimum atomic E-state index is 0.661. The third kappa shape index (κ3) is 2.81. The Morgan fingerprint density at radius 2 is 2.00 bits per heavy atom. The van der Waals surface area contributed by atoms with Gasteiger partial charge in [0, 0.05) is 23.3 Å². The van der Waals surface area contributed by atoms with Gasteiger partial charge in [0.05, 0.1) is 5.69 Å². The van der Waals surface area contributed by atoms with Crippen LogP contribution in [0.1, 0.15) is 11.3 Å². The summed E-state index contributed by atoms with van der Waals surface area (Å²) in [7, 11) is 1.88. The number of nitrogens with zero attached hydrogens (tertiary/aromatic N) is 1. The Morgan fingerprint density at radius 3 is 2.72 bits per heavy atom. The van der Waals surface area contributed by atoms with Crippen molar-refractivity contribution in [2.45, 2.75) is 13.5 Å². The first-order valence-electron chi connectivity index (χ1n) is 5.74. The number of nitrogens with one attached hydrogen (secondary N) is 1. The molecule has 2 rings (SSSR count). The molecule has 0 spiro atoms. The number of rotatable bonds is 4. The van der Waals surface area contributed by atoms with Crippen molar-refractivity contribution in [2.24, 2.45) is 0 Å². The molecule has 0 atom stereocenters. The molecule has 2 aromatic rings. The number of pyridine rings is 1. The van der Waals surface area contributed by atoms with Crippen molar-refractivity contribution in [2.75, 3.05) is 7.05 Å². The van der Waals surface area contributed by atoms with Crippen LogP contribution in [-0.4, -0.2) is 12.0 Å². The van der Waals surface area contributed by atoms with Crippen LogP contribution in [0.3, 0.4) is 0 Å². The minimum absolute atomic E-state index is 0.661. The van der Waals surface area contributed by atoms with Gasteiger partial charge in [0.25, 0.3) is 0 Å². The van der Waals surface area contributed by atoms with E-state index in [9.17, 15) is 0 Å². The third-order valence-corrected chi connectivity index (χ3v) is 2.96. The first kappa shape index (κ1) is 12.9. The van der Waals surface area contributed by atoms with Crippen molar-refractivity contribution < 1.29 is 4.74 Å². The highest BCUT2D eigenvalue weighted by atomic mass is 35.5. The van der Waals surface area contributed by atoms with Crippen molar-refractivity contribution in [1.29, 1.82) is 0 Å². The Kier molecular flexibility index (Phi) is 4.18. The van der Waals surface area contributed by atoms with Crippen molar-refractivity contribution >= 4 is 11.6 Å². The highest BCUT2D eigenvalue weighted by Gasteiger charge is 2.09. The number of hydrogen-bond donors (Lipinski definition) is 1. The Morgan fingerprint density at radius 1 is 1.22 bits per heavy atom. The molecular formula is C14H15ClN2O.